The van der Waals surface area contributed by atoms with Crippen molar-refractivity contribution < 1.29 is 0 Å². The summed E-state index contributed by atoms with van der Waals surface area (Å²) in [5.41, 5.74) is 1.25. The Morgan fingerprint density at radius 1 is 1.43 bits per heavy atom. The largest absolute Gasteiger partial charge is 0.263 e. The molecule has 0 aliphatic carbocycles. The highest BCUT2D eigenvalue weighted by atomic mass is 79.9. The second-order valence-corrected chi connectivity index (χ2v) is 5.87. The molecule has 14 heavy (non-hydrogen) atoms. The van der Waals surface area contributed by atoms with Gasteiger partial charge in [0.1, 0.15) is 0 Å². The van der Waals surface area contributed by atoms with Crippen LogP contribution in [0.25, 0.3) is 0 Å². The van der Waals surface area contributed by atoms with Gasteiger partial charge in [0, 0.05) is 22.6 Å². The molecular weight excluding hydrogens is 278 g/mol. The Kier molecular flexibility index (Phi) is 3.61. The van der Waals surface area contributed by atoms with Crippen LogP contribution in [0.15, 0.2) is 44.7 Å². The molecule has 0 unspecified atom stereocenters. The van der Waals surface area contributed by atoms with Crippen LogP contribution in [0.3, 0.4) is 0 Å². The van der Waals surface area contributed by atoms with Crippen molar-refractivity contribution >= 4 is 39.0 Å². The fourth-order valence-electron chi connectivity index (χ4n) is 1.03. The fourth-order valence-corrected chi connectivity index (χ4v) is 3.15. The highest BCUT2D eigenvalue weighted by Crippen LogP contribution is 2.27. The van der Waals surface area contributed by atoms with Gasteiger partial charge in [-0.3, -0.25) is 4.98 Å². The first kappa shape index (κ1) is 10.2. The molecule has 2 heterocycles. The predicted octanol–water partition coefficient (Wildman–Crippen LogP) is 4.20. The van der Waals surface area contributed by atoms with Crippen LogP contribution in [0.1, 0.15) is 5.56 Å². The van der Waals surface area contributed by atoms with Gasteiger partial charge in [0.25, 0.3) is 0 Å². The number of thioether (sulfide) groups is 1. The minimum atomic E-state index is 0.979. The molecule has 4 heteroatoms. The summed E-state index contributed by atoms with van der Waals surface area (Å²) in [4.78, 5) is 4.13. The summed E-state index contributed by atoms with van der Waals surface area (Å²) in [7, 11) is 0. The lowest BCUT2D eigenvalue weighted by molar-refractivity contribution is 1.23. The van der Waals surface area contributed by atoms with E-state index in [1.165, 1.54) is 9.77 Å². The van der Waals surface area contributed by atoms with Crippen LogP contribution in [0.5, 0.6) is 0 Å². The molecule has 0 amide bonds. The molecule has 0 saturated heterocycles. The molecule has 0 radical (unpaired) electrons. The summed E-state index contributed by atoms with van der Waals surface area (Å²) in [6, 6.07) is 6.32. The van der Waals surface area contributed by atoms with E-state index in [4.69, 9.17) is 0 Å². The van der Waals surface area contributed by atoms with Crippen molar-refractivity contribution in [2.75, 3.05) is 0 Å². The molecule has 0 atom stereocenters. The maximum absolute atomic E-state index is 4.13. The minimum absolute atomic E-state index is 0.979. The van der Waals surface area contributed by atoms with Crippen molar-refractivity contribution in [3.05, 3.63) is 46.0 Å². The Morgan fingerprint density at radius 2 is 2.36 bits per heavy atom. The lowest BCUT2D eigenvalue weighted by atomic mass is 10.3. The SMILES string of the molecule is Brc1cncc(CSc2cccs2)c1. The molecule has 0 bridgehead atoms. The Bertz CT molecular complexity index is 400. The van der Waals surface area contributed by atoms with Gasteiger partial charge in [-0.2, -0.15) is 0 Å². The Balaban J connectivity index is 1.98. The smallest absolute Gasteiger partial charge is 0.0601 e. The van der Waals surface area contributed by atoms with E-state index < -0.39 is 0 Å². The first-order valence-corrected chi connectivity index (χ1v) is 6.76. The van der Waals surface area contributed by atoms with Crippen molar-refractivity contribution in [2.45, 2.75) is 9.96 Å². The topological polar surface area (TPSA) is 12.9 Å². The predicted molar refractivity (Wildman–Crippen MR) is 65.8 cm³/mol. The van der Waals surface area contributed by atoms with Crippen LogP contribution in [0, 0.1) is 0 Å². The summed E-state index contributed by atoms with van der Waals surface area (Å²) in [5.74, 6) is 0.979. The maximum atomic E-state index is 4.13. The van der Waals surface area contributed by atoms with Crippen molar-refractivity contribution in [3.8, 4) is 0 Å². The number of halogens is 1. The summed E-state index contributed by atoms with van der Waals surface area (Å²) in [5, 5.41) is 2.10. The van der Waals surface area contributed by atoms with Gasteiger partial charge >= 0.3 is 0 Å². The average molecular weight is 286 g/mol. The van der Waals surface area contributed by atoms with Gasteiger partial charge in [0.05, 0.1) is 4.21 Å². The fraction of sp³-hybridized carbons (Fsp3) is 0.100. The Morgan fingerprint density at radius 3 is 3.07 bits per heavy atom. The number of nitrogens with zero attached hydrogens (tertiary/aromatic N) is 1. The van der Waals surface area contributed by atoms with Crippen LogP contribution in [0.4, 0.5) is 0 Å². The molecule has 2 aromatic rings. The van der Waals surface area contributed by atoms with Crippen molar-refractivity contribution in [3.63, 3.8) is 0 Å². The first-order chi connectivity index (χ1) is 6.84. The quantitative estimate of drug-likeness (QED) is 0.784. The Labute approximate surface area is 99.7 Å². The molecule has 0 spiro atoms. The molecule has 2 rings (SSSR count). The van der Waals surface area contributed by atoms with Gasteiger partial charge in [-0.05, 0) is 39.0 Å². The molecular formula is C10H8BrNS2. The minimum Gasteiger partial charge on any atom is -0.263 e. The number of hydrogen-bond donors (Lipinski definition) is 0. The van der Waals surface area contributed by atoms with Gasteiger partial charge in [-0.1, -0.05) is 6.07 Å². The molecule has 0 saturated carbocycles. The number of thiophene rings is 1. The van der Waals surface area contributed by atoms with Crippen molar-refractivity contribution in [1.82, 2.24) is 4.98 Å². The van der Waals surface area contributed by atoms with E-state index in [1.807, 2.05) is 18.0 Å². The van der Waals surface area contributed by atoms with Crippen LogP contribution in [-0.4, -0.2) is 4.98 Å². The molecule has 2 aromatic heterocycles. The highest BCUT2D eigenvalue weighted by Gasteiger charge is 1.97. The van der Waals surface area contributed by atoms with E-state index in [9.17, 15) is 0 Å². The molecule has 0 aliphatic heterocycles. The second kappa shape index (κ2) is 4.96. The summed E-state index contributed by atoms with van der Waals surface area (Å²) in [6.45, 7) is 0. The zero-order valence-electron chi connectivity index (χ0n) is 7.31. The van der Waals surface area contributed by atoms with E-state index in [0.29, 0.717) is 0 Å². The summed E-state index contributed by atoms with van der Waals surface area (Å²) < 4.78 is 2.40. The zero-order chi connectivity index (χ0) is 9.80. The molecule has 0 fully saturated rings. The van der Waals surface area contributed by atoms with E-state index >= 15 is 0 Å². The third kappa shape index (κ3) is 2.83. The van der Waals surface area contributed by atoms with E-state index in [0.717, 1.165) is 10.2 Å². The summed E-state index contributed by atoms with van der Waals surface area (Å²) in [6.07, 6.45) is 3.71. The van der Waals surface area contributed by atoms with Crippen LogP contribution >= 0.6 is 39.0 Å². The van der Waals surface area contributed by atoms with Crippen LogP contribution < -0.4 is 0 Å². The Hall–Kier alpha value is -0.320. The highest BCUT2D eigenvalue weighted by molar-refractivity contribution is 9.10. The normalized spacial score (nSPS) is 10.4. The van der Waals surface area contributed by atoms with E-state index in [-0.39, 0.29) is 0 Å². The van der Waals surface area contributed by atoms with Gasteiger partial charge in [0.15, 0.2) is 0 Å². The molecule has 0 aromatic carbocycles. The average Bonchev–Trinajstić information content (AvgIpc) is 2.67. The second-order valence-electron chi connectivity index (χ2n) is 2.73. The lowest BCUT2D eigenvalue weighted by Gasteiger charge is -1.99. The molecule has 1 nitrogen and oxygen atoms in total. The van der Waals surface area contributed by atoms with Gasteiger partial charge in [0.2, 0.25) is 0 Å². The van der Waals surface area contributed by atoms with Gasteiger partial charge < -0.3 is 0 Å². The third-order valence-corrected chi connectivity index (χ3v) is 4.27. The van der Waals surface area contributed by atoms with Crippen molar-refractivity contribution in [1.29, 1.82) is 0 Å². The number of pyridine rings is 1. The van der Waals surface area contributed by atoms with Crippen LogP contribution in [-0.2, 0) is 5.75 Å². The number of rotatable bonds is 3. The third-order valence-electron chi connectivity index (χ3n) is 1.64. The van der Waals surface area contributed by atoms with Gasteiger partial charge in [-0.25, -0.2) is 0 Å². The molecule has 72 valence electrons. The first-order valence-electron chi connectivity index (χ1n) is 4.10. The van der Waals surface area contributed by atoms with E-state index in [2.05, 4.69) is 44.5 Å². The standard InChI is InChI=1S/C10H8BrNS2/c11-9-4-8(5-12-6-9)7-14-10-2-1-3-13-10/h1-6H,7H2. The molecule has 0 aliphatic rings. The van der Waals surface area contributed by atoms with Crippen LogP contribution in [0.2, 0.25) is 0 Å². The van der Waals surface area contributed by atoms with E-state index in [1.54, 1.807) is 17.5 Å². The lowest BCUT2D eigenvalue weighted by Crippen LogP contribution is -1.81. The zero-order valence-corrected chi connectivity index (χ0v) is 10.5. The van der Waals surface area contributed by atoms with Gasteiger partial charge in [-0.15, -0.1) is 23.1 Å². The number of aromatic nitrogens is 1. The number of hydrogen-bond acceptors (Lipinski definition) is 3. The summed E-state index contributed by atoms with van der Waals surface area (Å²) >= 11 is 7.04. The monoisotopic (exact) mass is 285 g/mol. The molecule has 0 N–H and O–H groups in total. The van der Waals surface area contributed by atoms with Crippen molar-refractivity contribution in [2.24, 2.45) is 0 Å². The maximum Gasteiger partial charge on any atom is 0.0601 e.